The molecule has 2 N–H and O–H groups in total. The summed E-state index contributed by atoms with van der Waals surface area (Å²) in [7, 11) is -7.96. The van der Waals surface area contributed by atoms with Crippen LogP contribution in [0.25, 0.3) is 0 Å². The number of nitrogens with one attached hydrogen (secondary N) is 2. The summed E-state index contributed by atoms with van der Waals surface area (Å²) in [4.78, 5) is 27.0. The number of sulfone groups is 1. The van der Waals surface area contributed by atoms with Gasteiger partial charge in [-0.3, -0.25) is 4.79 Å². The molecule has 0 bridgehead atoms. The minimum Gasteiger partial charge on any atom is -0.310 e. The van der Waals surface area contributed by atoms with Gasteiger partial charge in [0.15, 0.2) is 9.84 Å². The zero-order chi connectivity index (χ0) is 24.4. The topological polar surface area (TPSA) is 162 Å². The van der Waals surface area contributed by atoms with Crippen LogP contribution in [0, 0.1) is 10.1 Å². The van der Waals surface area contributed by atoms with E-state index in [1.807, 2.05) is 11.6 Å². The first-order chi connectivity index (χ1) is 15.4. The van der Waals surface area contributed by atoms with E-state index in [1.165, 1.54) is 12.1 Å². The van der Waals surface area contributed by atoms with Crippen LogP contribution >= 0.6 is 11.3 Å². The predicted molar refractivity (Wildman–Crippen MR) is 119 cm³/mol. The number of amides is 1. The summed E-state index contributed by atoms with van der Waals surface area (Å²) >= 11 is 0.632. The van der Waals surface area contributed by atoms with E-state index in [0.29, 0.717) is 41.0 Å². The molecule has 1 aliphatic rings. The molecule has 1 amide bonds. The van der Waals surface area contributed by atoms with E-state index >= 15 is 0 Å². The molecule has 14 heteroatoms. The SMILES string of the molecule is CCN[C@H]1CC(C)S(=O)(=O)c2sc(S(=O)(=O)NC(=O)Cc3cccc(CO[N+](=O)[O-])c3)cc21. The van der Waals surface area contributed by atoms with Crippen molar-refractivity contribution >= 4 is 37.1 Å². The van der Waals surface area contributed by atoms with Crippen LogP contribution in [0.1, 0.15) is 43.0 Å². The third kappa shape index (κ3) is 5.69. The van der Waals surface area contributed by atoms with Crippen molar-refractivity contribution in [2.24, 2.45) is 0 Å². The maximum Gasteiger partial charge on any atom is 0.294 e. The summed E-state index contributed by atoms with van der Waals surface area (Å²) < 4.78 is 52.8. The van der Waals surface area contributed by atoms with Gasteiger partial charge in [0.05, 0.1) is 11.7 Å². The number of fused-ring (bicyclic) bond motifs is 1. The van der Waals surface area contributed by atoms with Gasteiger partial charge in [-0.25, -0.2) is 21.6 Å². The van der Waals surface area contributed by atoms with Crippen molar-refractivity contribution in [3.8, 4) is 0 Å². The highest BCUT2D eigenvalue weighted by Gasteiger charge is 2.39. The Balaban J connectivity index is 1.79. The van der Waals surface area contributed by atoms with E-state index in [-0.39, 0.29) is 27.5 Å². The zero-order valence-corrected chi connectivity index (χ0v) is 20.3. The van der Waals surface area contributed by atoms with Crippen molar-refractivity contribution in [1.29, 1.82) is 0 Å². The first-order valence-electron chi connectivity index (χ1n) is 9.95. The molecule has 0 spiro atoms. The van der Waals surface area contributed by atoms with Crippen LogP contribution in [-0.2, 0) is 42.5 Å². The van der Waals surface area contributed by atoms with Gasteiger partial charge < -0.3 is 10.2 Å². The molecule has 3 rings (SSSR count). The molecule has 1 unspecified atom stereocenters. The lowest BCUT2D eigenvalue weighted by Crippen LogP contribution is -2.33. The van der Waals surface area contributed by atoms with E-state index in [9.17, 15) is 31.7 Å². The zero-order valence-electron chi connectivity index (χ0n) is 17.8. The minimum atomic E-state index is -4.30. The van der Waals surface area contributed by atoms with Crippen LogP contribution in [-0.4, -0.2) is 39.6 Å². The summed E-state index contributed by atoms with van der Waals surface area (Å²) in [6.45, 7) is 3.73. The Morgan fingerprint density at radius 2 is 2.00 bits per heavy atom. The van der Waals surface area contributed by atoms with Crippen LogP contribution in [0.4, 0.5) is 0 Å². The molecule has 1 aliphatic heterocycles. The normalized spacial score (nSPS) is 19.5. The van der Waals surface area contributed by atoms with Crippen molar-refractivity contribution in [1.82, 2.24) is 10.0 Å². The van der Waals surface area contributed by atoms with Gasteiger partial charge in [-0.1, -0.05) is 31.2 Å². The number of nitrogens with zero attached hydrogens (tertiary/aromatic N) is 1. The van der Waals surface area contributed by atoms with E-state index in [0.717, 1.165) is 0 Å². The number of carbonyl (C=O) groups excluding carboxylic acids is 1. The Bertz CT molecular complexity index is 1270. The van der Waals surface area contributed by atoms with Crippen LogP contribution in [0.15, 0.2) is 38.8 Å². The molecule has 2 atom stereocenters. The van der Waals surface area contributed by atoms with Crippen molar-refractivity contribution in [3.63, 3.8) is 0 Å². The van der Waals surface area contributed by atoms with Gasteiger partial charge in [-0.15, -0.1) is 21.5 Å². The van der Waals surface area contributed by atoms with E-state index < -0.39 is 36.1 Å². The average Bonchev–Trinajstić information content (AvgIpc) is 3.19. The second-order valence-corrected chi connectivity index (χ2v) is 13.1. The fraction of sp³-hybridized carbons (Fsp3) is 0.421. The van der Waals surface area contributed by atoms with E-state index in [1.54, 1.807) is 25.1 Å². The Kier molecular flexibility index (Phi) is 7.41. The number of carbonyl (C=O) groups is 1. The number of hydrogen-bond acceptors (Lipinski definition) is 10. The Morgan fingerprint density at radius 1 is 1.30 bits per heavy atom. The average molecular weight is 518 g/mol. The molecule has 1 aromatic heterocycles. The van der Waals surface area contributed by atoms with Gasteiger partial charge in [0.2, 0.25) is 5.91 Å². The molecular weight excluding hydrogens is 494 g/mol. The third-order valence-electron chi connectivity index (χ3n) is 5.09. The Hall–Kier alpha value is -2.55. The Morgan fingerprint density at radius 3 is 2.67 bits per heavy atom. The molecule has 33 heavy (non-hydrogen) atoms. The highest BCUT2D eigenvalue weighted by Crippen LogP contribution is 2.42. The lowest BCUT2D eigenvalue weighted by atomic mass is 10.1. The molecule has 0 radical (unpaired) electrons. The number of rotatable bonds is 9. The molecule has 0 saturated carbocycles. The number of thiophene rings is 1. The van der Waals surface area contributed by atoms with Gasteiger partial charge in [0, 0.05) is 11.6 Å². The smallest absolute Gasteiger partial charge is 0.294 e. The van der Waals surface area contributed by atoms with Crippen LogP contribution in [0.3, 0.4) is 0 Å². The maximum absolute atomic E-state index is 12.8. The minimum absolute atomic E-state index is 0.00137. The molecule has 11 nitrogen and oxygen atoms in total. The summed E-state index contributed by atoms with van der Waals surface area (Å²) in [5, 5.41) is 11.9. The van der Waals surface area contributed by atoms with E-state index in [4.69, 9.17) is 0 Å². The number of hydrogen-bond donors (Lipinski definition) is 2. The van der Waals surface area contributed by atoms with Crippen molar-refractivity contribution in [3.05, 3.63) is 57.1 Å². The molecule has 2 aromatic rings. The lowest BCUT2D eigenvalue weighted by molar-refractivity contribution is -0.763. The quantitative estimate of drug-likeness (QED) is 0.372. The summed E-state index contributed by atoms with van der Waals surface area (Å²) in [5.74, 6) is -0.826. The molecular formula is C19H23N3O8S3. The first-order valence-corrected chi connectivity index (χ1v) is 13.8. The van der Waals surface area contributed by atoms with Gasteiger partial charge in [-0.2, -0.15) is 0 Å². The van der Waals surface area contributed by atoms with Crippen molar-refractivity contribution in [2.45, 2.75) is 53.0 Å². The fourth-order valence-electron chi connectivity index (χ4n) is 3.55. The standard InChI is InChI=1S/C19H23N3O8S3/c1-3-20-16-7-12(2)32(26,27)19-15(16)10-18(31-19)33(28,29)21-17(23)9-13-5-4-6-14(8-13)11-30-22(24)25/h4-6,8,10,12,16,20H,3,7,9,11H2,1-2H3,(H,21,23)/t12?,16-/m0/s1. The van der Waals surface area contributed by atoms with E-state index in [2.05, 4.69) is 10.2 Å². The van der Waals surface area contributed by atoms with Gasteiger partial charge in [0.1, 0.15) is 15.0 Å². The van der Waals surface area contributed by atoms with Gasteiger partial charge in [0.25, 0.3) is 15.1 Å². The first kappa shape index (κ1) is 25.1. The molecule has 0 fully saturated rings. The molecule has 2 heterocycles. The predicted octanol–water partition coefficient (Wildman–Crippen LogP) is 1.72. The lowest BCUT2D eigenvalue weighted by Gasteiger charge is -2.27. The summed E-state index contributed by atoms with van der Waals surface area (Å²) in [6.07, 6.45) is 0.0221. The molecule has 0 saturated heterocycles. The van der Waals surface area contributed by atoms with Crippen LogP contribution in [0.2, 0.25) is 0 Å². The Labute approximate surface area is 195 Å². The fourth-order valence-corrected chi connectivity index (χ4v) is 8.53. The number of benzene rings is 1. The monoisotopic (exact) mass is 517 g/mol. The molecule has 180 valence electrons. The highest BCUT2D eigenvalue weighted by atomic mass is 32.3. The maximum atomic E-state index is 12.8. The van der Waals surface area contributed by atoms with Crippen LogP contribution < -0.4 is 10.0 Å². The largest absolute Gasteiger partial charge is 0.310 e. The summed E-state index contributed by atoms with van der Waals surface area (Å²) in [5.41, 5.74) is 1.27. The van der Waals surface area contributed by atoms with Crippen LogP contribution in [0.5, 0.6) is 0 Å². The third-order valence-corrected chi connectivity index (χ3v) is 10.8. The second-order valence-electron chi connectivity index (χ2n) is 7.53. The van der Waals surface area contributed by atoms with Crippen molar-refractivity contribution in [2.75, 3.05) is 6.54 Å². The molecule has 1 aromatic carbocycles. The highest BCUT2D eigenvalue weighted by molar-refractivity contribution is 7.95. The number of sulfonamides is 1. The van der Waals surface area contributed by atoms with Gasteiger partial charge in [-0.05, 0) is 37.1 Å². The summed E-state index contributed by atoms with van der Waals surface area (Å²) in [6, 6.07) is 7.20. The second kappa shape index (κ2) is 9.75. The molecule has 0 aliphatic carbocycles. The van der Waals surface area contributed by atoms with Crippen molar-refractivity contribution < 1.29 is 31.6 Å². The van der Waals surface area contributed by atoms with Gasteiger partial charge >= 0.3 is 0 Å².